The number of aromatic amines is 1. The van der Waals surface area contributed by atoms with Crippen molar-refractivity contribution in [1.29, 1.82) is 0 Å². The van der Waals surface area contributed by atoms with Gasteiger partial charge < -0.3 is 5.32 Å². The van der Waals surface area contributed by atoms with Crippen LogP contribution in [0.15, 0.2) is 33.2 Å². The van der Waals surface area contributed by atoms with Gasteiger partial charge in [-0.2, -0.15) is 5.10 Å². The maximum Gasteiger partial charge on any atom is 0.273 e. The quantitative estimate of drug-likeness (QED) is 0.739. The van der Waals surface area contributed by atoms with Gasteiger partial charge in [0.05, 0.1) is 15.7 Å². The lowest BCUT2D eigenvalue weighted by molar-refractivity contribution is 0.0906. The van der Waals surface area contributed by atoms with Crippen LogP contribution in [0.3, 0.4) is 0 Å². The van der Waals surface area contributed by atoms with Gasteiger partial charge in [-0.1, -0.05) is 41.9 Å². The Bertz CT molecular complexity index is 675. The first-order valence-corrected chi connectivity index (χ1v) is 8.63. The summed E-state index contributed by atoms with van der Waals surface area (Å²) >= 11 is 6.88. The van der Waals surface area contributed by atoms with Crippen molar-refractivity contribution in [2.24, 2.45) is 0 Å². The number of carbonyl (C=O) groups is 1. The van der Waals surface area contributed by atoms with E-state index < -0.39 is 5.54 Å². The summed E-state index contributed by atoms with van der Waals surface area (Å²) in [5.74, 6) is 0.0610. The Labute approximate surface area is 147 Å². The first-order chi connectivity index (χ1) is 10.2. The van der Waals surface area contributed by atoms with Crippen molar-refractivity contribution in [1.82, 2.24) is 15.5 Å². The molecule has 1 aromatic carbocycles. The van der Waals surface area contributed by atoms with Crippen LogP contribution in [0.1, 0.15) is 55.4 Å². The third-order valence-electron chi connectivity index (χ3n) is 3.52. The van der Waals surface area contributed by atoms with Gasteiger partial charge in [0.15, 0.2) is 5.69 Å². The van der Waals surface area contributed by atoms with E-state index in [1.54, 1.807) is 0 Å². The van der Waals surface area contributed by atoms with Crippen LogP contribution in [0.4, 0.5) is 0 Å². The van der Waals surface area contributed by atoms with Gasteiger partial charge in [-0.15, -0.1) is 0 Å². The molecule has 2 rings (SSSR count). The van der Waals surface area contributed by atoms with Crippen molar-refractivity contribution in [2.45, 2.75) is 39.2 Å². The molecule has 118 valence electrons. The van der Waals surface area contributed by atoms with Gasteiger partial charge in [0, 0.05) is 4.47 Å². The van der Waals surface area contributed by atoms with Crippen LogP contribution < -0.4 is 5.32 Å². The van der Waals surface area contributed by atoms with E-state index in [2.05, 4.69) is 47.4 Å². The molecule has 0 spiro atoms. The molecule has 0 atom stereocenters. The van der Waals surface area contributed by atoms with Gasteiger partial charge in [-0.3, -0.25) is 9.89 Å². The zero-order valence-corrected chi connectivity index (χ0v) is 16.2. The Kier molecular flexibility index (Phi) is 5.12. The van der Waals surface area contributed by atoms with Crippen LogP contribution in [0.25, 0.3) is 0 Å². The van der Waals surface area contributed by atoms with Crippen LogP contribution in [0.2, 0.25) is 0 Å². The molecule has 0 unspecified atom stereocenters. The largest absolute Gasteiger partial charge is 0.342 e. The summed E-state index contributed by atoms with van der Waals surface area (Å²) in [5.41, 5.74) is 1.84. The lowest BCUT2D eigenvalue weighted by atomic mass is 9.94. The summed E-state index contributed by atoms with van der Waals surface area (Å²) in [5, 5.41) is 10.1. The van der Waals surface area contributed by atoms with E-state index in [-0.39, 0.29) is 11.8 Å². The maximum absolute atomic E-state index is 12.5. The molecule has 0 fully saturated rings. The Morgan fingerprint density at radius 1 is 1.23 bits per heavy atom. The number of hydrogen-bond donors (Lipinski definition) is 2. The topological polar surface area (TPSA) is 57.8 Å². The Morgan fingerprint density at radius 3 is 2.32 bits per heavy atom. The molecule has 0 aliphatic heterocycles. The Balaban J connectivity index is 2.22. The molecule has 22 heavy (non-hydrogen) atoms. The molecule has 4 nitrogen and oxygen atoms in total. The van der Waals surface area contributed by atoms with E-state index in [1.807, 2.05) is 52.0 Å². The van der Waals surface area contributed by atoms with Crippen molar-refractivity contribution in [2.75, 3.05) is 0 Å². The van der Waals surface area contributed by atoms with Crippen LogP contribution >= 0.6 is 31.9 Å². The van der Waals surface area contributed by atoms with Gasteiger partial charge in [-0.25, -0.2) is 0 Å². The molecule has 1 aromatic heterocycles. The summed E-state index contributed by atoms with van der Waals surface area (Å²) in [6.45, 7) is 8.04. The highest BCUT2D eigenvalue weighted by atomic mass is 79.9. The lowest BCUT2D eigenvalue weighted by Crippen LogP contribution is -2.41. The number of rotatable bonds is 4. The third kappa shape index (κ3) is 3.60. The normalized spacial score (nSPS) is 11.8. The smallest absolute Gasteiger partial charge is 0.273 e. The number of nitrogens with zero attached hydrogens (tertiary/aromatic N) is 1. The summed E-state index contributed by atoms with van der Waals surface area (Å²) in [7, 11) is 0. The number of carbonyl (C=O) groups excluding carboxylic acids is 1. The van der Waals surface area contributed by atoms with Gasteiger partial charge in [0.2, 0.25) is 0 Å². The zero-order valence-electron chi connectivity index (χ0n) is 13.0. The molecule has 1 heterocycles. The summed E-state index contributed by atoms with van der Waals surface area (Å²) in [4.78, 5) is 12.5. The van der Waals surface area contributed by atoms with Crippen LogP contribution in [0, 0.1) is 0 Å². The predicted octanol–water partition coefficient (Wildman–Crippen LogP) is 4.72. The molecule has 1 amide bonds. The number of aromatic nitrogens is 2. The van der Waals surface area contributed by atoms with Gasteiger partial charge in [0.1, 0.15) is 0 Å². The van der Waals surface area contributed by atoms with Gasteiger partial charge >= 0.3 is 0 Å². The van der Waals surface area contributed by atoms with Crippen molar-refractivity contribution in [3.8, 4) is 0 Å². The minimum Gasteiger partial charge on any atom is -0.342 e. The van der Waals surface area contributed by atoms with Crippen LogP contribution in [-0.2, 0) is 5.54 Å². The number of nitrogens with one attached hydrogen (secondary N) is 2. The third-order valence-corrected chi connectivity index (χ3v) is 4.85. The van der Waals surface area contributed by atoms with Gasteiger partial charge in [-0.05, 0) is 53.4 Å². The monoisotopic (exact) mass is 427 g/mol. The van der Waals surface area contributed by atoms with Gasteiger partial charge in [0.25, 0.3) is 5.91 Å². The Hall–Kier alpha value is -1.14. The van der Waals surface area contributed by atoms with Crippen molar-refractivity contribution in [3.63, 3.8) is 0 Å². The standard InChI is InChI=1S/C16H19Br2N3O/c1-9(2)13-12(18)14(21-20-13)15(22)19-16(3,4)10-5-7-11(17)8-6-10/h5-9H,1-4H3,(H,19,22)(H,20,21). The van der Waals surface area contributed by atoms with E-state index >= 15 is 0 Å². The number of benzene rings is 1. The molecule has 2 aromatic rings. The Morgan fingerprint density at radius 2 is 1.82 bits per heavy atom. The fourth-order valence-corrected chi connectivity index (χ4v) is 3.24. The zero-order chi connectivity index (χ0) is 16.5. The predicted molar refractivity (Wildman–Crippen MR) is 95.0 cm³/mol. The summed E-state index contributed by atoms with van der Waals surface area (Å²) < 4.78 is 1.74. The maximum atomic E-state index is 12.5. The second-order valence-corrected chi connectivity index (χ2v) is 7.75. The molecule has 0 radical (unpaired) electrons. The molecule has 0 aliphatic rings. The molecule has 0 saturated heterocycles. The second-order valence-electron chi connectivity index (χ2n) is 6.04. The first-order valence-electron chi connectivity index (χ1n) is 7.04. The van der Waals surface area contributed by atoms with E-state index in [0.29, 0.717) is 5.69 Å². The molecule has 6 heteroatoms. The number of halogens is 2. The average molecular weight is 429 g/mol. The number of amides is 1. The van der Waals surface area contributed by atoms with E-state index in [4.69, 9.17) is 0 Å². The summed E-state index contributed by atoms with van der Waals surface area (Å²) in [6, 6.07) is 7.90. The van der Waals surface area contributed by atoms with Crippen LogP contribution in [0.5, 0.6) is 0 Å². The minimum absolute atomic E-state index is 0.206. The second kappa shape index (κ2) is 6.54. The van der Waals surface area contributed by atoms with Crippen molar-refractivity contribution >= 4 is 37.8 Å². The molecule has 2 N–H and O–H groups in total. The number of hydrogen-bond acceptors (Lipinski definition) is 2. The lowest BCUT2D eigenvalue weighted by Gasteiger charge is -2.26. The molecule has 0 bridgehead atoms. The average Bonchev–Trinajstić information content (AvgIpc) is 2.80. The fraction of sp³-hybridized carbons (Fsp3) is 0.375. The highest BCUT2D eigenvalue weighted by Gasteiger charge is 2.27. The highest BCUT2D eigenvalue weighted by Crippen LogP contribution is 2.27. The molecular weight excluding hydrogens is 410 g/mol. The summed E-state index contributed by atoms with van der Waals surface area (Å²) in [6.07, 6.45) is 0. The first kappa shape index (κ1) is 17.2. The SMILES string of the molecule is CC(C)c1[nH]nc(C(=O)NC(C)(C)c2ccc(Br)cc2)c1Br. The minimum atomic E-state index is -0.492. The van der Waals surface area contributed by atoms with E-state index in [9.17, 15) is 4.79 Å². The van der Waals surface area contributed by atoms with Crippen molar-refractivity contribution in [3.05, 3.63) is 50.2 Å². The van der Waals surface area contributed by atoms with Crippen LogP contribution in [-0.4, -0.2) is 16.1 Å². The molecular formula is C16H19Br2N3O. The van der Waals surface area contributed by atoms with E-state index in [1.165, 1.54) is 0 Å². The van der Waals surface area contributed by atoms with E-state index in [0.717, 1.165) is 20.2 Å². The molecule has 0 aliphatic carbocycles. The fourth-order valence-electron chi connectivity index (χ4n) is 2.16. The highest BCUT2D eigenvalue weighted by molar-refractivity contribution is 9.10. The number of H-pyrrole nitrogens is 1. The molecule has 0 saturated carbocycles. The van der Waals surface area contributed by atoms with Crippen molar-refractivity contribution < 1.29 is 4.79 Å².